The Kier molecular flexibility index (Phi) is 5.11. The van der Waals surface area contributed by atoms with Crippen molar-refractivity contribution in [3.05, 3.63) is 95.0 Å². The molecule has 0 saturated carbocycles. The molecule has 4 nitrogen and oxygen atoms in total. The standard InChI is InChI=1S/C20H15ClN2O2/c21-15-11-12-18(23-20(25)22-16-9-5-2-6-10-16)17(13-15)19(24)14-7-3-1-4-8-14/h1-13H,(H2,22,23,25). The average Bonchev–Trinajstić information content (AvgIpc) is 2.64. The van der Waals surface area contributed by atoms with Crippen molar-refractivity contribution >= 4 is 34.8 Å². The molecule has 0 heterocycles. The number of carbonyl (C=O) groups excluding carboxylic acids is 2. The van der Waals surface area contributed by atoms with Crippen LogP contribution in [-0.4, -0.2) is 11.8 Å². The number of para-hydroxylation sites is 1. The molecule has 5 heteroatoms. The van der Waals surface area contributed by atoms with Gasteiger partial charge >= 0.3 is 6.03 Å². The van der Waals surface area contributed by atoms with E-state index in [1.165, 1.54) is 0 Å². The second-order valence-electron chi connectivity index (χ2n) is 5.33. The molecule has 0 aliphatic heterocycles. The third-order valence-electron chi connectivity index (χ3n) is 3.54. The van der Waals surface area contributed by atoms with E-state index < -0.39 is 6.03 Å². The minimum atomic E-state index is -0.435. The van der Waals surface area contributed by atoms with Crippen LogP contribution < -0.4 is 10.6 Å². The van der Waals surface area contributed by atoms with Gasteiger partial charge in [-0.05, 0) is 30.3 Å². The molecule has 0 bridgehead atoms. The van der Waals surface area contributed by atoms with Gasteiger partial charge in [-0.2, -0.15) is 0 Å². The normalized spacial score (nSPS) is 10.1. The monoisotopic (exact) mass is 350 g/mol. The van der Waals surface area contributed by atoms with Gasteiger partial charge in [0.2, 0.25) is 0 Å². The smallest absolute Gasteiger partial charge is 0.308 e. The Hall–Kier alpha value is -3.11. The molecule has 0 aliphatic rings. The maximum atomic E-state index is 12.7. The van der Waals surface area contributed by atoms with E-state index in [1.54, 1.807) is 54.6 Å². The molecule has 2 amide bonds. The fraction of sp³-hybridized carbons (Fsp3) is 0. The van der Waals surface area contributed by atoms with Crippen molar-refractivity contribution in [2.24, 2.45) is 0 Å². The van der Waals surface area contributed by atoms with Crippen LogP contribution in [0.15, 0.2) is 78.9 Å². The fourth-order valence-corrected chi connectivity index (χ4v) is 2.54. The molecule has 0 aliphatic carbocycles. The first-order valence-electron chi connectivity index (χ1n) is 7.66. The van der Waals surface area contributed by atoms with Crippen LogP contribution in [0.25, 0.3) is 0 Å². The predicted octanol–water partition coefficient (Wildman–Crippen LogP) is 5.22. The minimum Gasteiger partial charge on any atom is -0.308 e. The third-order valence-corrected chi connectivity index (χ3v) is 3.78. The Morgan fingerprint density at radius 3 is 2.08 bits per heavy atom. The Balaban J connectivity index is 1.84. The number of benzene rings is 3. The Bertz CT molecular complexity index is 896. The second kappa shape index (κ2) is 7.64. The highest BCUT2D eigenvalue weighted by Crippen LogP contribution is 2.24. The van der Waals surface area contributed by atoms with E-state index in [0.29, 0.717) is 27.5 Å². The average molecular weight is 351 g/mol. The zero-order valence-corrected chi connectivity index (χ0v) is 14.0. The Morgan fingerprint density at radius 1 is 0.760 bits per heavy atom. The van der Waals surface area contributed by atoms with E-state index >= 15 is 0 Å². The van der Waals surface area contributed by atoms with Crippen molar-refractivity contribution < 1.29 is 9.59 Å². The number of nitrogens with one attached hydrogen (secondary N) is 2. The third kappa shape index (κ3) is 4.25. The van der Waals surface area contributed by atoms with Crippen LogP contribution in [0.3, 0.4) is 0 Å². The van der Waals surface area contributed by atoms with Gasteiger partial charge in [0.25, 0.3) is 0 Å². The van der Waals surface area contributed by atoms with E-state index in [9.17, 15) is 9.59 Å². The quantitative estimate of drug-likeness (QED) is 0.634. The zero-order valence-electron chi connectivity index (χ0n) is 13.2. The molecule has 0 saturated heterocycles. The zero-order chi connectivity index (χ0) is 17.6. The first-order chi connectivity index (χ1) is 12.1. The van der Waals surface area contributed by atoms with Crippen molar-refractivity contribution in [3.8, 4) is 0 Å². The van der Waals surface area contributed by atoms with Crippen molar-refractivity contribution in [2.75, 3.05) is 10.6 Å². The largest absolute Gasteiger partial charge is 0.323 e. The summed E-state index contributed by atoms with van der Waals surface area (Å²) >= 11 is 6.03. The summed E-state index contributed by atoms with van der Waals surface area (Å²) in [5.74, 6) is -0.210. The topological polar surface area (TPSA) is 58.2 Å². The highest BCUT2D eigenvalue weighted by molar-refractivity contribution is 6.31. The molecule has 2 N–H and O–H groups in total. The minimum absolute atomic E-state index is 0.210. The Morgan fingerprint density at radius 2 is 1.40 bits per heavy atom. The number of hydrogen-bond donors (Lipinski definition) is 2. The maximum Gasteiger partial charge on any atom is 0.323 e. The van der Waals surface area contributed by atoms with Gasteiger partial charge in [0.05, 0.1) is 5.69 Å². The van der Waals surface area contributed by atoms with Crippen molar-refractivity contribution in [1.29, 1.82) is 0 Å². The number of anilines is 2. The maximum absolute atomic E-state index is 12.7. The van der Waals surface area contributed by atoms with Gasteiger partial charge in [-0.1, -0.05) is 60.1 Å². The van der Waals surface area contributed by atoms with Gasteiger partial charge in [0, 0.05) is 21.8 Å². The van der Waals surface area contributed by atoms with E-state index in [4.69, 9.17) is 11.6 Å². The van der Waals surface area contributed by atoms with Gasteiger partial charge < -0.3 is 10.6 Å². The lowest BCUT2D eigenvalue weighted by Crippen LogP contribution is -2.21. The molecule has 25 heavy (non-hydrogen) atoms. The lowest BCUT2D eigenvalue weighted by atomic mass is 10.0. The number of rotatable bonds is 4. The van der Waals surface area contributed by atoms with Gasteiger partial charge in [0.1, 0.15) is 0 Å². The van der Waals surface area contributed by atoms with Crippen molar-refractivity contribution in [1.82, 2.24) is 0 Å². The molecule has 0 aromatic heterocycles. The van der Waals surface area contributed by atoms with Gasteiger partial charge in [-0.25, -0.2) is 4.79 Å². The molecule has 3 aromatic rings. The number of urea groups is 1. The number of ketones is 1. The first kappa shape index (κ1) is 16.7. The number of amides is 2. The molecular weight excluding hydrogens is 336 g/mol. The lowest BCUT2D eigenvalue weighted by molar-refractivity contribution is 0.103. The molecule has 0 unspecified atom stereocenters. The summed E-state index contributed by atoms with van der Waals surface area (Å²) in [6, 6.07) is 22.3. The molecule has 0 radical (unpaired) electrons. The fourth-order valence-electron chi connectivity index (χ4n) is 2.36. The van der Waals surface area contributed by atoms with Crippen LogP contribution >= 0.6 is 11.6 Å². The lowest BCUT2D eigenvalue weighted by Gasteiger charge is -2.12. The van der Waals surface area contributed by atoms with E-state index in [-0.39, 0.29) is 5.78 Å². The molecule has 0 atom stereocenters. The van der Waals surface area contributed by atoms with E-state index in [1.807, 2.05) is 24.3 Å². The highest BCUT2D eigenvalue weighted by Gasteiger charge is 2.16. The van der Waals surface area contributed by atoms with Crippen LogP contribution in [0.2, 0.25) is 5.02 Å². The van der Waals surface area contributed by atoms with Crippen LogP contribution in [0.4, 0.5) is 16.2 Å². The van der Waals surface area contributed by atoms with Crippen LogP contribution in [-0.2, 0) is 0 Å². The van der Waals surface area contributed by atoms with Crippen molar-refractivity contribution in [2.45, 2.75) is 0 Å². The van der Waals surface area contributed by atoms with Gasteiger partial charge in [-0.3, -0.25) is 4.79 Å². The summed E-state index contributed by atoms with van der Waals surface area (Å²) in [6.45, 7) is 0. The summed E-state index contributed by atoms with van der Waals surface area (Å²) in [5, 5.41) is 5.85. The summed E-state index contributed by atoms with van der Waals surface area (Å²) < 4.78 is 0. The molecule has 3 rings (SSSR count). The summed E-state index contributed by atoms with van der Waals surface area (Å²) in [5.41, 5.74) is 1.91. The second-order valence-corrected chi connectivity index (χ2v) is 5.77. The SMILES string of the molecule is O=C(Nc1ccccc1)Nc1ccc(Cl)cc1C(=O)c1ccccc1. The summed E-state index contributed by atoms with van der Waals surface area (Å²) in [7, 11) is 0. The molecule has 124 valence electrons. The number of carbonyl (C=O) groups is 2. The predicted molar refractivity (Wildman–Crippen MR) is 100 cm³/mol. The number of halogens is 1. The van der Waals surface area contributed by atoms with E-state index in [0.717, 1.165) is 0 Å². The Labute approximate surface area is 150 Å². The van der Waals surface area contributed by atoms with Crippen molar-refractivity contribution in [3.63, 3.8) is 0 Å². The van der Waals surface area contributed by atoms with Crippen LogP contribution in [0, 0.1) is 0 Å². The van der Waals surface area contributed by atoms with Crippen LogP contribution in [0.1, 0.15) is 15.9 Å². The molecule has 0 fully saturated rings. The van der Waals surface area contributed by atoms with E-state index in [2.05, 4.69) is 10.6 Å². The summed E-state index contributed by atoms with van der Waals surface area (Å²) in [4.78, 5) is 24.9. The first-order valence-corrected chi connectivity index (χ1v) is 8.03. The highest BCUT2D eigenvalue weighted by atomic mass is 35.5. The molecule has 0 spiro atoms. The molecular formula is C20H15ClN2O2. The van der Waals surface area contributed by atoms with Gasteiger partial charge in [0.15, 0.2) is 5.78 Å². The molecule has 3 aromatic carbocycles. The summed E-state index contributed by atoms with van der Waals surface area (Å²) in [6.07, 6.45) is 0. The van der Waals surface area contributed by atoms with Gasteiger partial charge in [-0.15, -0.1) is 0 Å². The number of hydrogen-bond acceptors (Lipinski definition) is 2. The van der Waals surface area contributed by atoms with Crippen LogP contribution in [0.5, 0.6) is 0 Å².